The van der Waals surface area contributed by atoms with Crippen LogP contribution in [-0.2, 0) is 0 Å². The first kappa shape index (κ1) is 11.0. The second-order valence-electron chi connectivity index (χ2n) is 4.45. The number of nitrogens with one attached hydrogen (secondary N) is 1. The highest BCUT2D eigenvalue weighted by atomic mass is 35.5. The second kappa shape index (κ2) is 4.54. The first-order valence-corrected chi connectivity index (χ1v) is 6.10. The molecule has 0 saturated carbocycles. The Bertz CT molecular complexity index is 337. The maximum atomic E-state index is 6.25. The number of benzene rings is 1. The first-order chi connectivity index (χ1) is 7.22. The Labute approximate surface area is 96.8 Å². The summed E-state index contributed by atoms with van der Waals surface area (Å²) < 4.78 is 0. The molecule has 1 nitrogen and oxygen atoms in total. The van der Waals surface area contributed by atoms with Gasteiger partial charge in [0.25, 0.3) is 0 Å². The molecule has 1 heterocycles. The molecule has 2 heteroatoms. The van der Waals surface area contributed by atoms with Crippen molar-refractivity contribution < 1.29 is 0 Å². The van der Waals surface area contributed by atoms with Crippen LogP contribution in [0.3, 0.4) is 0 Å². The van der Waals surface area contributed by atoms with Gasteiger partial charge in [0.05, 0.1) is 0 Å². The lowest BCUT2D eigenvalue weighted by atomic mass is 9.90. The molecule has 0 aliphatic carbocycles. The van der Waals surface area contributed by atoms with Crippen molar-refractivity contribution in [2.75, 3.05) is 0 Å². The highest BCUT2D eigenvalue weighted by Gasteiger charge is 2.31. The molecule has 3 unspecified atom stereocenters. The zero-order chi connectivity index (χ0) is 10.8. The molecule has 0 amide bonds. The summed E-state index contributed by atoms with van der Waals surface area (Å²) in [6.45, 7) is 4.49. The van der Waals surface area contributed by atoms with Crippen LogP contribution in [0.4, 0.5) is 0 Å². The van der Waals surface area contributed by atoms with E-state index in [0.717, 1.165) is 5.02 Å². The summed E-state index contributed by atoms with van der Waals surface area (Å²) in [5.41, 5.74) is 1.31. The highest BCUT2D eigenvalue weighted by Crippen LogP contribution is 2.35. The Morgan fingerprint density at radius 1 is 1.40 bits per heavy atom. The summed E-state index contributed by atoms with van der Waals surface area (Å²) in [5.74, 6) is 0.582. The quantitative estimate of drug-likeness (QED) is 0.808. The van der Waals surface area contributed by atoms with Gasteiger partial charge < -0.3 is 5.32 Å². The van der Waals surface area contributed by atoms with Crippen LogP contribution in [0.5, 0.6) is 0 Å². The van der Waals surface area contributed by atoms with Crippen LogP contribution in [-0.4, -0.2) is 12.1 Å². The van der Waals surface area contributed by atoms with Crippen LogP contribution in [0.25, 0.3) is 0 Å². The van der Waals surface area contributed by atoms with E-state index >= 15 is 0 Å². The molecule has 0 spiro atoms. The minimum absolute atomic E-state index is 0.582. The van der Waals surface area contributed by atoms with Crippen molar-refractivity contribution in [1.29, 1.82) is 0 Å². The third kappa shape index (κ3) is 2.19. The van der Waals surface area contributed by atoms with Crippen molar-refractivity contribution in [3.8, 4) is 0 Å². The van der Waals surface area contributed by atoms with E-state index in [1.165, 1.54) is 18.4 Å². The molecule has 1 N–H and O–H groups in total. The van der Waals surface area contributed by atoms with Crippen molar-refractivity contribution in [3.63, 3.8) is 0 Å². The average Bonchev–Trinajstić information content (AvgIpc) is 2.60. The minimum Gasteiger partial charge on any atom is -0.311 e. The van der Waals surface area contributed by atoms with Crippen molar-refractivity contribution in [2.24, 2.45) is 0 Å². The van der Waals surface area contributed by atoms with Crippen LogP contribution in [0.1, 0.15) is 38.2 Å². The van der Waals surface area contributed by atoms with Gasteiger partial charge in [-0.05, 0) is 31.4 Å². The molecule has 0 bridgehead atoms. The summed E-state index contributed by atoms with van der Waals surface area (Å²) in [6, 6.07) is 9.42. The molecule has 1 fully saturated rings. The Kier molecular flexibility index (Phi) is 3.32. The normalized spacial score (nSPS) is 30.7. The molecule has 1 aromatic carbocycles. The van der Waals surface area contributed by atoms with Gasteiger partial charge in [0.1, 0.15) is 0 Å². The lowest BCUT2D eigenvalue weighted by molar-refractivity contribution is 0.517. The predicted octanol–water partition coefficient (Wildman–Crippen LogP) is 3.58. The average molecular weight is 224 g/mol. The Hall–Kier alpha value is -0.530. The molecular weight excluding hydrogens is 206 g/mol. The van der Waals surface area contributed by atoms with E-state index in [1.54, 1.807) is 0 Å². The van der Waals surface area contributed by atoms with Gasteiger partial charge in [-0.15, -0.1) is 0 Å². The zero-order valence-electron chi connectivity index (χ0n) is 9.33. The van der Waals surface area contributed by atoms with Gasteiger partial charge in [0.2, 0.25) is 0 Å². The standard InChI is InChI=1S/C13H18ClN/c1-3-13-11(8-9(2)15-13)10-6-4-5-7-12(10)14/h4-7,9,11,13,15H,3,8H2,1-2H3. The number of rotatable bonds is 2. The Morgan fingerprint density at radius 2 is 2.13 bits per heavy atom. The van der Waals surface area contributed by atoms with Crippen LogP contribution in [0.2, 0.25) is 5.02 Å². The summed E-state index contributed by atoms with van der Waals surface area (Å²) >= 11 is 6.25. The summed E-state index contributed by atoms with van der Waals surface area (Å²) in [6.07, 6.45) is 2.36. The summed E-state index contributed by atoms with van der Waals surface area (Å²) in [5, 5.41) is 4.53. The molecule has 1 saturated heterocycles. The van der Waals surface area contributed by atoms with Crippen LogP contribution >= 0.6 is 11.6 Å². The maximum Gasteiger partial charge on any atom is 0.0441 e. The number of halogens is 1. The number of hydrogen-bond donors (Lipinski definition) is 1. The van der Waals surface area contributed by atoms with Crippen molar-refractivity contribution in [1.82, 2.24) is 5.32 Å². The molecule has 3 atom stereocenters. The van der Waals surface area contributed by atoms with Crippen LogP contribution in [0.15, 0.2) is 24.3 Å². The lowest BCUT2D eigenvalue weighted by Gasteiger charge is -2.19. The largest absolute Gasteiger partial charge is 0.311 e. The molecule has 82 valence electrons. The monoisotopic (exact) mass is 223 g/mol. The summed E-state index contributed by atoms with van der Waals surface area (Å²) in [4.78, 5) is 0. The van der Waals surface area contributed by atoms with Gasteiger partial charge in [-0.3, -0.25) is 0 Å². The second-order valence-corrected chi connectivity index (χ2v) is 4.85. The van der Waals surface area contributed by atoms with E-state index in [0.29, 0.717) is 18.0 Å². The minimum atomic E-state index is 0.582. The van der Waals surface area contributed by atoms with E-state index in [9.17, 15) is 0 Å². The molecule has 1 aliphatic rings. The number of hydrogen-bond acceptors (Lipinski definition) is 1. The highest BCUT2D eigenvalue weighted by molar-refractivity contribution is 6.31. The molecule has 0 aromatic heterocycles. The first-order valence-electron chi connectivity index (χ1n) is 5.72. The topological polar surface area (TPSA) is 12.0 Å². The third-order valence-electron chi connectivity index (χ3n) is 3.34. The Morgan fingerprint density at radius 3 is 2.80 bits per heavy atom. The Balaban J connectivity index is 2.26. The van der Waals surface area contributed by atoms with Gasteiger partial charge in [-0.25, -0.2) is 0 Å². The molecule has 1 aromatic rings. The van der Waals surface area contributed by atoms with E-state index in [2.05, 4.69) is 31.3 Å². The fraction of sp³-hybridized carbons (Fsp3) is 0.538. The van der Waals surface area contributed by atoms with E-state index in [4.69, 9.17) is 11.6 Å². The fourth-order valence-corrected chi connectivity index (χ4v) is 2.89. The molecule has 2 rings (SSSR count). The maximum absolute atomic E-state index is 6.25. The van der Waals surface area contributed by atoms with Crippen molar-refractivity contribution >= 4 is 11.6 Å². The van der Waals surface area contributed by atoms with Crippen LogP contribution in [0, 0.1) is 0 Å². The van der Waals surface area contributed by atoms with Gasteiger partial charge in [0.15, 0.2) is 0 Å². The third-order valence-corrected chi connectivity index (χ3v) is 3.68. The predicted molar refractivity (Wildman–Crippen MR) is 65.5 cm³/mol. The molecule has 1 aliphatic heterocycles. The molecular formula is C13H18ClN. The van der Waals surface area contributed by atoms with Crippen LogP contribution < -0.4 is 5.32 Å². The van der Waals surface area contributed by atoms with Gasteiger partial charge in [-0.2, -0.15) is 0 Å². The smallest absolute Gasteiger partial charge is 0.0441 e. The molecule has 0 radical (unpaired) electrons. The van der Waals surface area contributed by atoms with E-state index in [1.807, 2.05) is 12.1 Å². The van der Waals surface area contributed by atoms with Crippen molar-refractivity contribution in [2.45, 2.75) is 44.7 Å². The van der Waals surface area contributed by atoms with Crippen molar-refractivity contribution in [3.05, 3.63) is 34.9 Å². The SMILES string of the molecule is CCC1NC(C)CC1c1ccccc1Cl. The van der Waals surface area contributed by atoms with E-state index in [-0.39, 0.29) is 0 Å². The van der Waals surface area contributed by atoms with E-state index < -0.39 is 0 Å². The van der Waals surface area contributed by atoms with Gasteiger partial charge in [-0.1, -0.05) is 36.7 Å². The van der Waals surface area contributed by atoms with Gasteiger partial charge in [0, 0.05) is 23.0 Å². The zero-order valence-corrected chi connectivity index (χ0v) is 10.1. The van der Waals surface area contributed by atoms with Gasteiger partial charge >= 0.3 is 0 Å². The lowest BCUT2D eigenvalue weighted by Crippen LogP contribution is -2.28. The fourth-order valence-electron chi connectivity index (χ4n) is 2.62. The molecule has 15 heavy (non-hydrogen) atoms. The summed E-state index contributed by atoms with van der Waals surface area (Å²) in [7, 11) is 0.